The minimum Gasteiger partial charge on any atom is -0.377 e. The van der Waals surface area contributed by atoms with Crippen LogP contribution in [0.25, 0.3) is 0 Å². The Morgan fingerprint density at radius 1 is 1.08 bits per heavy atom. The number of aryl methyl sites for hydroxylation is 3. The van der Waals surface area contributed by atoms with Gasteiger partial charge in [0.25, 0.3) is 0 Å². The van der Waals surface area contributed by atoms with Gasteiger partial charge in [0.15, 0.2) is 5.82 Å². The third-order valence-corrected chi connectivity index (χ3v) is 4.57. The monoisotopic (exact) mass is 357 g/mol. The molecule has 0 spiro atoms. The average molecular weight is 357 g/mol. The molecule has 0 saturated heterocycles. The molecular weight excluding hydrogens is 333 g/mol. The van der Waals surface area contributed by atoms with E-state index in [9.17, 15) is 4.39 Å². The van der Waals surface area contributed by atoms with Crippen LogP contribution in [0.5, 0.6) is 0 Å². The maximum Gasteiger partial charge on any atom is 0.176 e. The molecule has 0 radical (unpaired) electrons. The molecule has 26 heavy (non-hydrogen) atoms. The van der Waals surface area contributed by atoms with Crippen molar-refractivity contribution in [3.63, 3.8) is 0 Å². The van der Waals surface area contributed by atoms with E-state index in [4.69, 9.17) is 4.74 Å². The molecule has 0 unspecified atom stereocenters. The summed E-state index contributed by atoms with van der Waals surface area (Å²) in [6, 6.07) is 6.47. The fourth-order valence-corrected chi connectivity index (χ4v) is 3.11. The van der Waals surface area contributed by atoms with E-state index in [0.717, 1.165) is 29.9 Å². The first-order chi connectivity index (χ1) is 12.5. The molecule has 0 amide bonds. The molecule has 0 saturated carbocycles. The highest BCUT2D eigenvalue weighted by molar-refractivity contribution is 5.25. The van der Waals surface area contributed by atoms with E-state index in [1.54, 1.807) is 19.2 Å². The van der Waals surface area contributed by atoms with Gasteiger partial charge in [-0.25, -0.2) is 14.1 Å². The predicted octanol–water partition coefficient (Wildman–Crippen LogP) is 2.75. The Labute approximate surface area is 152 Å². The van der Waals surface area contributed by atoms with Crippen LogP contribution < -0.4 is 0 Å². The van der Waals surface area contributed by atoms with Gasteiger partial charge in [0.2, 0.25) is 0 Å². The Bertz CT molecular complexity index is 882. The van der Waals surface area contributed by atoms with Crippen molar-refractivity contribution in [2.24, 2.45) is 7.05 Å². The van der Waals surface area contributed by atoms with Crippen LogP contribution in [0.4, 0.5) is 4.39 Å². The van der Waals surface area contributed by atoms with Gasteiger partial charge in [0.05, 0.1) is 12.2 Å². The highest BCUT2D eigenvalue weighted by Crippen LogP contribution is 2.16. The molecule has 0 N–H and O–H groups in total. The lowest BCUT2D eigenvalue weighted by Crippen LogP contribution is -2.09. The molecule has 0 aliphatic heterocycles. The third kappa shape index (κ3) is 3.99. The van der Waals surface area contributed by atoms with Gasteiger partial charge in [0.1, 0.15) is 18.2 Å². The molecule has 3 aromatic rings. The number of hydrogen-bond acceptors (Lipinski definition) is 4. The quantitative estimate of drug-likeness (QED) is 0.652. The van der Waals surface area contributed by atoms with Crippen molar-refractivity contribution in [1.82, 2.24) is 24.5 Å². The van der Waals surface area contributed by atoms with Crippen LogP contribution in [0.2, 0.25) is 0 Å². The van der Waals surface area contributed by atoms with Crippen LogP contribution in [0, 0.1) is 19.7 Å². The molecule has 1 aromatic carbocycles. The standard InChI is InChI=1S/C19H24FN5O/c1-13-17(14(2)24(3)22-13)9-10-19-21-18(12-26-4)23-25(19)11-15-5-7-16(20)8-6-15/h5-8H,9-12H2,1-4H3. The minimum absolute atomic E-state index is 0.241. The van der Waals surface area contributed by atoms with E-state index in [2.05, 4.69) is 22.1 Å². The van der Waals surface area contributed by atoms with Gasteiger partial charge in [-0.1, -0.05) is 12.1 Å². The summed E-state index contributed by atoms with van der Waals surface area (Å²) in [6.45, 7) is 5.03. The highest BCUT2D eigenvalue weighted by Gasteiger charge is 2.14. The Hall–Kier alpha value is -2.54. The van der Waals surface area contributed by atoms with E-state index in [-0.39, 0.29) is 5.82 Å². The van der Waals surface area contributed by atoms with Crippen molar-refractivity contribution < 1.29 is 9.13 Å². The van der Waals surface area contributed by atoms with Gasteiger partial charge in [0, 0.05) is 26.3 Å². The summed E-state index contributed by atoms with van der Waals surface area (Å²) in [5.41, 5.74) is 4.45. The molecule has 7 heteroatoms. The van der Waals surface area contributed by atoms with Gasteiger partial charge >= 0.3 is 0 Å². The molecule has 138 valence electrons. The van der Waals surface area contributed by atoms with Crippen LogP contribution in [0.15, 0.2) is 24.3 Å². The van der Waals surface area contributed by atoms with Gasteiger partial charge in [-0.3, -0.25) is 4.68 Å². The SMILES string of the molecule is COCc1nc(CCc2c(C)nn(C)c2C)n(Cc2ccc(F)cc2)n1. The van der Waals surface area contributed by atoms with Crippen molar-refractivity contribution in [2.75, 3.05) is 7.11 Å². The molecule has 0 fully saturated rings. The summed E-state index contributed by atoms with van der Waals surface area (Å²) in [5.74, 6) is 1.31. The van der Waals surface area contributed by atoms with Crippen molar-refractivity contribution in [2.45, 2.75) is 39.8 Å². The zero-order chi connectivity index (χ0) is 18.7. The van der Waals surface area contributed by atoms with Gasteiger partial charge in [-0.2, -0.15) is 10.2 Å². The van der Waals surface area contributed by atoms with Gasteiger partial charge < -0.3 is 4.74 Å². The summed E-state index contributed by atoms with van der Waals surface area (Å²) in [6.07, 6.45) is 1.60. The van der Waals surface area contributed by atoms with Crippen molar-refractivity contribution in [1.29, 1.82) is 0 Å². The Kier molecular flexibility index (Phi) is 5.46. The van der Waals surface area contributed by atoms with Crippen molar-refractivity contribution in [3.05, 3.63) is 64.2 Å². The Morgan fingerprint density at radius 3 is 2.42 bits per heavy atom. The lowest BCUT2D eigenvalue weighted by atomic mass is 10.1. The number of nitrogens with zero attached hydrogens (tertiary/aromatic N) is 5. The van der Waals surface area contributed by atoms with E-state index < -0.39 is 0 Å². The zero-order valence-corrected chi connectivity index (χ0v) is 15.7. The minimum atomic E-state index is -0.241. The smallest absolute Gasteiger partial charge is 0.176 e. The number of methoxy groups -OCH3 is 1. The maximum atomic E-state index is 13.1. The molecule has 6 nitrogen and oxygen atoms in total. The largest absolute Gasteiger partial charge is 0.377 e. The number of ether oxygens (including phenoxy) is 1. The first-order valence-corrected chi connectivity index (χ1v) is 8.63. The van der Waals surface area contributed by atoms with Crippen LogP contribution in [-0.2, 0) is 37.8 Å². The van der Waals surface area contributed by atoms with Crippen LogP contribution >= 0.6 is 0 Å². The number of aromatic nitrogens is 5. The van der Waals surface area contributed by atoms with Crippen molar-refractivity contribution >= 4 is 0 Å². The number of rotatable bonds is 7. The molecule has 0 atom stereocenters. The van der Waals surface area contributed by atoms with E-state index >= 15 is 0 Å². The second kappa shape index (κ2) is 7.78. The molecule has 0 aliphatic carbocycles. The highest BCUT2D eigenvalue weighted by atomic mass is 19.1. The van der Waals surface area contributed by atoms with E-state index in [0.29, 0.717) is 19.0 Å². The molecule has 2 aromatic heterocycles. The van der Waals surface area contributed by atoms with Crippen molar-refractivity contribution in [3.8, 4) is 0 Å². The molecule has 3 rings (SSSR count). The summed E-state index contributed by atoms with van der Waals surface area (Å²) in [5, 5.41) is 9.02. The number of halogens is 1. The summed E-state index contributed by atoms with van der Waals surface area (Å²) in [7, 11) is 3.59. The lowest BCUT2D eigenvalue weighted by Gasteiger charge is -2.07. The Morgan fingerprint density at radius 2 is 1.81 bits per heavy atom. The zero-order valence-electron chi connectivity index (χ0n) is 15.7. The third-order valence-electron chi connectivity index (χ3n) is 4.57. The van der Waals surface area contributed by atoms with Gasteiger partial charge in [-0.15, -0.1) is 0 Å². The second-order valence-corrected chi connectivity index (χ2v) is 6.43. The van der Waals surface area contributed by atoms with E-state index in [1.165, 1.54) is 23.4 Å². The maximum absolute atomic E-state index is 13.1. The normalized spacial score (nSPS) is 11.3. The summed E-state index contributed by atoms with van der Waals surface area (Å²) >= 11 is 0. The molecular formula is C19H24FN5O. The average Bonchev–Trinajstić information content (AvgIpc) is 3.09. The lowest BCUT2D eigenvalue weighted by molar-refractivity contribution is 0.177. The second-order valence-electron chi connectivity index (χ2n) is 6.43. The predicted molar refractivity (Wildman–Crippen MR) is 96.3 cm³/mol. The molecule has 0 bridgehead atoms. The summed E-state index contributed by atoms with van der Waals surface area (Å²) in [4.78, 5) is 4.62. The van der Waals surface area contributed by atoms with Crippen LogP contribution in [0.1, 0.15) is 34.2 Å². The van der Waals surface area contributed by atoms with Crippen LogP contribution in [0.3, 0.4) is 0 Å². The topological polar surface area (TPSA) is 57.8 Å². The fraction of sp³-hybridized carbons (Fsp3) is 0.421. The number of hydrogen-bond donors (Lipinski definition) is 0. The molecule has 0 aliphatic rings. The fourth-order valence-electron chi connectivity index (χ4n) is 3.11. The number of benzene rings is 1. The first kappa shape index (κ1) is 18.3. The van der Waals surface area contributed by atoms with Gasteiger partial charge in [-0.05, 0) is 43.5 Å². The summed E-state index contributed by atoms with van der Waals surface area (Å²) < 4.78 is 22.1. The van der Waals surface area contributed by atoms with E-state index in [1.807, 2.05) is 23.3 Å². The molecule has 2 heterocycles. The first-order valence-electron chi connectivity index (χ1n) is 8.63. The Balaban J connectivity index is 1.81. The van der Waals surface area contributed by atoms with Crippen LogP contribution in [-0.4, -0.2) is 31.7 Å².